The van der Waals surface area contributed by atoms with Gasteiger partial charge >= 0.3 is 6.18 Å². The molecule has 0 fully saturated rings. The van der Waals surface area contributed by atoms with Gasteiger partial charge in [-0.05, 0) is 6.92 Å². The lowest BCUT2D eigenvalue weighted by molar-refractivity contribution is -0.127. The normalized spacial score (nSPS) is 16.7. The molecule has 0 heterocycles. The first-order chi connectivity index (χ1) is 2.94. The molecule has 0 aromatic heterocycles. The third-order valence-corrected chi connectivity index (χ3v) is 0.698. The van der Waals surface area contributed by atoms with E-state index in [9.17, 15) is 13.2 Å². The highest BCUT2D eigenvalue weighted by molar-refractivity contribution is 6.20. The van der Waals surface area contributed by atoms with Gasteiger partial charge in [0.05, 0.1) is 0 Å². The minimum absolute atomic E-state index is 0.890. The third kappa shape index (κ3) is 2.74. The fourth-order valence-electron chi connectivity index (χ4n) is 0. The van der Waals surface area contributed by atoms with Gasteiger partial charge in [-0.15, -0.1) is 11.6 Å². The van der Waals surface area contributed by atoms with E-state index in [1.165, 1.54) is 0 Å². The monoisotopic (exact) mass is 132 g/mol. The molecule has 0 radical (unpaired) electrons. The number of rotatable bonds is 0. The minimum atomic E-state index is -4.23. The van der Waals surface area contributed by atoms with Crippen LogP contribution >= 0.6 is 11.6 Å². The van der Waals surface area contributed by atoms with Crippen LogP contribution in [0.1, 0.15) is 6.92 Å². The van der Waals surface area contributed by atoms with Crippen LogP contribution in [0.3, 0.4) is 0 Å². The second kappa shape index (κ2) is 1.90. The standard InChI is InChI=1S/C3H4ClF3/c1-2(4)3(5,6)7/h2H,1H3. The first kappa shape index (κ1) is 7.08. The van der Waals surface area contributed by atoms with Gasteiger partial charge in [0.2, 0.25) is 0 Å². The van der Waals surface area contributed by atoms with Crippen molar-refractivity contribution in [2.75, 3.05) is 0 Å². The molecule has 0 aromatic rings. The summed E-state index contributed by atoms with van der Waals surface area (Å²) in [6.07, 6.45) is -4.23. The van der Waals surface area contributed by atoms with Crippen molar-refractivity contribution in [2.45, 2.75) is 18.5 Å². The van der Waals surface area contributed by atoms with Gasteiger partial charge in [0.15, 0.2) is 0 Å². The number of halogens is 4. The summed E-state index contributed by atoms with van der Waals surface area (Å²) in [5.41, 5.74) is 0. The second-order valence-electron chi connectivity index (χ2n) is 1.16. The first-order valence-corrected chi connectivity index (χ1v) is 2.09. The molecule has 0 bridgehead atoms. The van der Waals surface area contributed by atoms with Crippen LogP contribution in [0.15, 0.2) is 0 Å². The van der Waals surface area contributed by atoms with Gasteiger partial charge in [0.1, 0.15) is 5.38 Å². The third-order valence-electron chi connectivity index (χ3n) is 0.451. The highest BCUT2D eigenvalue weighted by Gasteiger charge is 2.33. The van der Waals surface area contributed by atoms with Crippen molar-refractivity contribution in [2.24, 2.45) is 0 Å². The Labute approximate surface area is 44.3 Å². The van der Waals surface area contributed by atoms with Crippen molar-refractivity contribution < 1.29 is 13.2 Å². The summed E-state index contributed by atoms with van der Waals surface area (Å²) >= 11 is 4.63. The van der Waals surface area contributed by atoms with E-state index in [2.05, 4.69) is 11.6 Å². The van der Waals surface area contributed by atoms with Crippen LogP contribution in [-0.2, 0) is 0 Å². The van der Waals surface area contributed by atoms with E-state index in [1.807, 2.05) is 0 Å². The molecular weight excluding hydrogens is 128 g/mol. The Morgan fingerprint density at radius 2 is 1.57 bits per heavy atom. The molecule has 0 spiro atoms. The van der Waals surface area contributed by atoms with E-state index in [1.54, 1.807) is 0 Å². The lowest BCUT2D eigenvalue weighted by Gasteiger charge is -2.05. The molecule has 0 saturated heterocycles. The van der Waals surface area contributed by atoms with Gasteiger partial charge < -0.3 is 0 Å². The highest BCUT2D eigenvalue weighted by atomic mass is 35.5. The molecule has 7 heavy (non-hydrogen) atoms. The van der Waals surface area contributed by atoms with E-state index in [0.717, 1.165) is 6.92 Å². The number of hydrogen-bond acceptors (Lipinski definition) is 0. The maximum absolute atomic E-state index is 11.0. The van der Waals surface area contributed by atoms with E-state index in [4.69, 9.17) is 0 Å². The summed E-state index contributed by atoms with van der Waals surface area (Å²) in [6, 6.07) is 0. The molecule has 0 amide bonds. The molecule has 0 saturated carbocycles. The van der Waals surface area contributed by atoms with Crippen molar-refractivity contribution in [1.82, 2.24) is 0 Å². The molecule has 1 unspecified atom stereocenters. The lowest BCUT2D eigenvalue weighted by Crippen LogP contribution is -2.19. The van der Waals surface area contributed by atoms with Crippen LogP contribution in [0.25, 0.3) is 0 Å². The van der Waals surface area contributed by atoms with E-state index < -0.39 is 11.6 Å². The molecule has 0 nitrogen and oxygen atoms in total. The zero-order valence-electron chi connectivity index (χ0n) is 3.59. The molecule has 0 aliphatic rings. The summed E-state index contributed by atoms with van der Waals surface area (Å²) in [6.45, 7) is 0.890. The number of alkyl halides is 4. The average Bonchev–Trinajstić information content (AvgIpc) is 1.31. The molecule has 4 heteroatoms. The molecule has 0 aliphatic carbocycles. The van der Waals surface area contributed by atoms with Crippen LogP contribution in [0.4, 0.5) is 13.2 Å². The summed E-state index contributed by atoms with van der Waals surface area (Å²) in [7, 11) is 0. The van der Waals surface area contributed by atoms with Gasteiger partial charge in [-0.1, -0.05) is 0 Å². The van der Waals surface area contributed by atoms with Crippen LogP contribution in [-0.4, -0.2) is 11.6 Å². The van der Waals surface area contributed by atoms with Gasteiger partial charge in [-0.2, -0.15) is 13.2 Å². The molecule has 0 rings (SSSR count). The summed E-state index contributed by atoms with van der Waals surface area (Å²) in [5, 5.41) is -1.73. The SMILES string of the molecule is CC(Cl)C(F)(F)F. The highest BCUT2D eigenvalue weighted by Crippen LogP contribution is 2.23. The largest absolute Gasteiger partial charge is 0.404 e. The van der Waals surface area contributed by atoms with Gasteiger partial charge in [-0.25, -0.2) is 0 Å². The Hall–Kier alpha value is 0.0800. The van der Waals surface area contributed by atoms with E-state index in [0.29, 0.717) is 0 Å². The molecule has 0 aromatic carbocycles. The zero-order valence-corrected chi connectivity index (χ0v) is 4.35. The van der Waals surface area contributed by atoms with Gasteiger partial charge in [-0.3, -0.25) is 0 Å². The van der Waals surface area contributed by atoms with Crippen LogP contribution < -0.4 is 0 Å². The second-order valence-corrected chi connectivity index (χ2v) is 1.81. The summed E-state index contributed by atoms with van der Waals surface area (Å²) in [4.78, 5) is 0. The van der Waals surface area contributed by atoms with Crippen LogP contribution in [0, 0.1) is 0 Å². The maximum Gasteiger partial charge on any atom is 0.404 e. The van der Waals surface area contributed by atoms with Gasteiger partial charge in [0.25, 0.3) is 0 Å². The number of hydrogen-bond donors (Lipinski definition) is 0. The van der Waals surface area contributed by atoms with Crippen molar-refractivity contribution in [1.29, 1.82) is 0 Å². The quantitative estimate of drug-likeness (QED) is 0.443. The van der Waals surface area contributed by atoms with Crippen molar-refractivity contribution in [3.8, 4) is 0 Å². The minimum Gasteiger partial charge on any atom is -0.169 e. The summed E-state index contributed by atoms with van der Waals surface area (Å²) in [5.74, 6) is 0. The molecule has 0 N–H and O–H groups in total. The average molecular weight is 133 g/mol. The molecular formula is C3H4ClF3. The topological polar surface area (TPSA) is 0 Å². The Morgan fingerprint density at radius 1 is 1.43 bits per heavy atom. The lowest BCUT2D eigenvalue weighted by atomic mass is 10.5. The first-order valence-electron chi connectivity index (χ1n) is 1.65. The predicted molar refractivity (Wildman–Crippen MR) is 21.4 cm³/mol. The van der Waals surface area contributed by atoms with Crippen molar-refractivity contribution >= 4 is 11.6 Å². The van der Waals surface area contributed by atoms with Crippen molar-refractivity contribution in [3.05, 3.63) is 0 Å². The van der Waals surface area contributed by atoms with Crippen LogP contribution in [0.2, 0.25) is 0 Å². The summed E-state index contributed by atoms with van der Waals surface area (Å²) < 4.78 is 33.1. The zero-order chi connectivity index (χ0) is 6.08. The van der Waals surface area contributed by atoms with Crippen molar-refractivity contribution in [3.63, 3.8) is 0 Å². The van der Waals surface area contributed by atoms with Gasteiger partial charge in [0, 0.05) is 0 Å². The Morgan fingerprint density at radius 3 is 1.57 bits per heavy atom. The smallest absolute Gasteiger partial charge is 0.169 e. The predicted octanol–water partition coefficient (Wildman–Crippen LogP) is 2.18. The fourth-order valence-corrected chi connectivity index (χ4v) is 0. The Balaban J connectivity index is 3.54. The van der Waals surface area contributed by atoms with E-state index >= 15 is 0 Å². The van der Waals surface area contributed by atoms with E-state index in [-0.39, 0.29) is 0 Å². The maximum atomic E-state index is 11.0. The molecule has 1 atom stereocenters. The fraction of sp³-hybridized carbons (Fsp3) is 1.00. The Kier molecular flexibility index (Phi) is 1.92. The molecule has 0 aliphatic heterocycles. The van der Waals surface area contributed by atoms with Crippen LogP contribution in [0.5, 0.6) is 0 Å². The molecule has 44 valence electrons. The Bertz CT molecular complexity index is 55.7.